The number of hydrogen-bond donors (Lipinski definition) is 1. The number of ether oxygens (including phenoxy) is 3. The minimum absolute atomic E-state index is 0. The average Bonchev–Trinajstić information content (AvgIpc) is 3.14. The van der Waals surface area contributed by atoms with Crippen LogP contribution in [0.4, 0.5) is 8.78 Å². The van der Waals surface area contributed by atoms with Gasteiger partial charge in [-0.2, -0.15) is 8.78 Å². The van der Waals surface area contributed by atoms with Crippen molar-refractivity contribution >= 4 is 29.9 Å². The van der Waals surface area contributed by atoms with E-state index in [1.165, 1.54) is 6.07 Å². The van der Waals surface area contributed by atoms with Crippen molar-refractivity contribution in [2.24, 2.45) is 10.9 Å². The first kappa shape index (κ1) is 24.7. The van der Waals surface area contributed by atoms with Crippen LogP contribution in [0.5, 0.6) is 11.5 Å². The second-order valence-electron chi connectivity index (χ2n) is 6.51. The number of alkyl halides is 2. The molecule has 1 aromatic rings. The molecule has 0 radical (unpaired) electrons. The van der Waals surface area contributed by atoms with Gasteiger partial charge in [-0.25, -0.2) is 0 Å². The van der Waals surface area contributed by atoms with Crippen LogP contribution < -0.4 is 14.8 Å². The van der Waals surface area contributed by atoms with Crippen molar-refractivity contribution in [3.8, 4) is 11.5 Å². The number of benzene rings is 1. The minimum Gasteiger partial charge on any atom is -0.493 e. The summed E-state index contributed by atoms with van der Waals surface area (Å²) >= 11 is 0. The van der Waals surface area contributed by atoms with E-state index in [-0.39, 0.29) is 29.7 Å². The van der Waals surface area contributed by atoms with Crippen molar-refractivity contribution in [1.82, 2.24) is 10.2 Å². The Morgan fingerprint density at radius 2 is 2.21 bits per heavy atom. The Bertz CT molecular complexity index is 614. The maximum absolute atomic E-state index is 12.8. The van der Waals surface area contributed by atoms with Gasteiger partial charge in [-0.1, -0.05) is 6.92 Å². The van der Waals surface area contributed by atoms with Gasteiger partial charge in [0.15, 0.2) is 5.96 Å². The van der Waals surface area contributed by atoms with Crippen molar-refractivity contribution in [2.45, 2.75) is 32.9 Å². The van der Waals surface area contributed by atoms with Crippen LogP contribution in [0.2, 0.25) is 0 Å². The maximum atomic E-state index is 12.8. The van der Waals surface area contributed by atoms with E-state index in [2.05, 4.69) is 15.0 Å². The molecule has 0 saturated carbocycles. The molecule has 1 unspecified atom stereocenters. The smallest absolute Gasteiger partial charge is 0.387 e. The van der Waals surface area contributed by atoms with Crippen molar-refractivity contribution < 1.29 is 23.0 Å². The van der Waals surface area contributed by atoms with E-state index in [4.69, 9.17) is 9.47 Å². The second-order valence-corrected chi connectivity index (χ2v) is 6.51. The summed E-state index contributed by atoms with van der Waals surface area (Å²) in [5.41, 5.74) is 0.609. The zero-order valence-electron chi connectivity index (χ0n) is 16.6. The van der Waals surface area contributed by atoms with Crippen LogP contribution in [0.15, 0.2) is 23.2 Å². The van der Waals surface area contributed by atoms with Crippen molar-refractivity contribution in [1.29, 1.82) is 0 Å². The van der Waals surface area contributed by atoms with Crippen LogP contribution in [0.1, 0.15) is 25.3 Å². The lowest BCUT2D eigenvalue weighted by atomic mass is 10.1. The molecule has 9 heteroatoms. The normalized spacial score (nSPS) is 16.6. The molecule has 28 heavy (non-hydrogen) atoms. The summed E-state index contributed by atoms with van der Waals surface area (Å²) < 4.78 is 41.1. The minimum atomic E-state index is -2.89. The fourth-order valence-corrected chi connectivity index (χ4v) is 2.96. The standard InChI is InChI=1S/C19H29F2N3O3.HI/c1-4-8-26-16-6-5-15(17(10-16)27-18(20)21)11-23-19(22-2)24(3)12-14-7-9-25-13-14;/h5-6,10,14,18H,4,7-9,11-13H2,1-3H3,(H,22,23);1H. The first-order valence-corrected chi connectivity index (χ1v) is 9.23. The third kappa shape index (κ3) is 7.94. The molecule has 2 rings (SSSR count). The van der Waals surface area contributed by atoms with E-state index in [0.717, 1.165) is 32.6 Å². The average molecular weight is 513 g/mol. The Hall–Kier alpha value is -1.36. The number of aliphatic imine (C=N–C) groups is 1. The van der Waals surface area contributed by atoms with Crippen LogP contribution in [0.25, 0.3) is 0 Å². The molecule has 1 aliphatic heterocycles. The van der Waals surface area contributed by atoms with Gasteiger partial charge in [-0.3, -0.25) is 4.99 Å². The quantitative estimate of drug-likeness (QED) is 0.310. The lowest BCUT2D eigenvalue weighted by molar-refractivity contribution is -0.0505. The van der Waals surface area contributed by atoms with Crippen LogP contribution in [-0.4, -0.2) is 57.9 Å². The van der Waals surface area contributed by atoms with E-state index >= 15 is 0 Å². The summed E-state index contributed by atoms with van der Waals surface area (Å²) in [4.78, 5) is 6.29. The van der Waals surface area contributed by atoms with Crippen LogP contribution in [0.3, 0.4) is 0 Å². The molecule has 0 amide bonds. The van der Waals surface area contributed by atoms with E-state index in [0.29, 0.717) is 36.3 Å². The summed E-state index contributed by atoms with van der Waals surface area (Å²) in [6.45, 7) is 2.30. The second kappa shape index (κ2) is 13.0. The zero-order chi connectivity index (χ0) is 19.6. The van der Waals surface area contributed by atoms with Gasteiger partial charge in [0.1, 0.15) is 11.5 Å². The zero-order valence-corrected chi connectivity index (χ0v) is 19.0. The van der Waals surface area contributed by atoms with Gasteiger partial charge in [-0.15, -0.1) is 24.0 Å². The third-order valence-electron chi connectivity index (χ3n) is 4.29. The van der Waals surface area contributed by atoms with Crippen molar-refractivity contribution in [3.05, 3.63) is 23.8 Å². The summed E-state index contributed by atoms with van der Waals surface area (Å²) in [6, 6.07) is 4.99. The molecule has 6 nitrogen and oxygen atoms in total. The Morgan fingerprint density at radius 3 is 2.82 bits per heavy atom. The van der Waals surface area contributed by atoms with E-state index in [1.54, 1.807) is 19.2 Å². The number of guanidine groups is 1. The topological polar surface area (TPSA) is 55.3 Å². The Labute approximate surface area is 182 Å². The predicted octanol–water partition coefficient (Wildman–Crippen LogP) is 3.74. The highest BCUT2D eigenvalue weighted by Crippen LogP contribution is 2.27. The molecule has 1 fully saturated rings. The summed E-state index contributed by atoms with van der Waals surface area (Å²) in [5.74, 6) is 1.78. The molecule has 1 N–H and O–H groups in total. The molecule has 0 aliphatic carbocycles. The number of halogens is 3. The van der Waals surface area contributed by atoms with Gasteiger partial charge < -0.3 is 24.4 Å². The number of rotatable bonds is 9. The van der Waals surface area contributed by atoms with Crippen LogP contribution >= 0.6 is 24.0 Å². The fraction of sp³-hybridized carbons (Fsp3) is 0.632. The van der Waals surface area contributed by atoms with Crippen LogP contribution in [0, 0.1) is 5.92 Å². The highest BCUT2D eigenvalue weighted by Gasteiger charge is 2.19. The molecule has 1 atom stereocenters. The largest absolute Gasteiger partial charge is 0.493 e. The highest BCUT2D eigenvalue weighted by molar-refractivity contribution is 14.0. The van der Waals surface area contributed by atoms with E-state index in [1.807, 2.05) is 18.9 Å². The monoisotopic (exact) mass is 513 g/mol. The molecule has 0 bridgehead atoms. The first-order valence-electron chi connectivity index (χ1n) is 9.23. The summed E-state index contributed by atoms with van der Waals surface area (Å²) in [6.07, 6.45) is 1.87. The SMILES string of the molecule is CCCOc1ccc(CNC(=NC)N(C)CC2CCOC2)c(OC(F)F)c1.I. The van der Waals surface area contributed by atoms with Gasteiger partial charge in [0.2, 0.25) is 0 Å². The number of hydrogen-bond acceptors (Lipinski definition) is 4. The molecule has 1 aromatic carbocycles. The summed E-state index contributed by atoms with van der Waals surface area (Å²) in [5, 5.41) is 3.21. The van der Waals surface area contributed by atoms with E-state index in [9.17, 15) is 8.78 Å². The maximum Gasteiger partial charge on any atom is 0.387 e. The molecule has 1 heterocycles. The van der Waals surface area contributed by atoms with Gasteiger partial charge in [0.05, 0.1) is 13.2 Å². The number of nitrogens with one attached hydrogen (secondary N) is 1. The Kier molecular flexibility index (Phi) is 11.4. The Morgan fingerprint density at radius 1 is 1.43 bits per heavy atom. The molecule has 160 valence electrons. The molecule has 1 aliphatic rings. The molecular weight excluding hydrogens is 483 g/mol. The molecule has 0 aromatic heterocycles. The summed E-state index contributed by atoms with van der Waals surface area (Å²) in [7, 11) is 3.65. The highest BCUT2D eigenvalue weighted by atomic mass is 127. The number of nitrogens with zero attached hydrogens (tertiary/aromatic N) is 2. The van der Waals surface area contributed by atoms with Crippen LogP contribution in [-0.2, 0) is 11.3 Å². The lowest BCUT2D eigenvalue weighted by Crippen LogP contribution is -2.41. The molecule has 0 spiro atoms. The van der Waals surface area contributed by atoms with Crippen molar-refractivity contribution in [3.63, 3.8) is 0 Å². The van der Waals surface area contributed by atoms with Crippen molar-refractivity contribution in [2.75, 3.05) is 40.5 Å². The first-order chi connectivity index (χ1) is 13.0. The Balaban J connectivity index is 0.00000392. The van der Waals surface area contributed by atoms with Gasteiger partial charge in [0, 0.05) is 51.3 Å². The predicted molar refractivity (Wildman–Crippen MR) is 116 cm³/mol. The van der Waals surface area contributed by atoms with Gasteiger partial charge >= 0.3 is 6.61 Å². The van der Waals surface area contributed by atoms with E-state index < -0.39 is 6.61 Å². The van der Waals surface area contributed by atoms with Gasteiger partial charge in [0.25, 0.3) is 0 Å². The fourth-order valence-electron chi connectivity index (χ4n) is 2.96. The lowest BCUT2D eigenvalue weighted by Gasteiger charge is -2.25. The third-order valence-corrected chi connectivity index (χ3v) is 4.29. The molecule has 1 saturated heterocycles. The molecular formula is C19H30F2IN3O3. The van der Waals surface area contributed by atoms with Gasteiger partial charge in [-0.05, 0) is 25.0 Å².